The number of benzene rings is 1. The van der Waals surface area contributed by atoms with Gasteiger partial charge in [0.25, 0.3) is 0 Å². The van der Waals surface area contributed by atoms with E-state index in [2.05, 4.69) is 6.92 Å². The van der Waals surface area contributed by atoms with Crippen molar-refractivity contribution < 1.29 is 14.6 Å². The summed E-state index contributed by atoms with van der Waals surface area (Å²) in [6, 6.07) is 3.49. The van der Waals surface area contributed by atoms with E-state index in [1.807, 2.05) is 0 Å². The summed E-state index contributed by atoms with van der Waals surface area (Å²) in [7, 11) is 3.03. The molecule has 19 heavy (non-hydrogen) atoms. The second-order valence-corrected chi connectivity index (χ2v) is 4.38. The normalized spacial score (nSPS) is 11.6. The van der Waals surface area contributed by atoms with Crippen LogP contribution < -0.4 is 15.2 Å². The van der Waals surface area contributed by atoms with Crippen molar-refractivity contribution in [3.05, 3.63) is 17.7 Å². The van der Waals surface area contributed by atoms with E-state index in [9.17, 15) is 5.11 Å². The highest BCUT2D eigenvalue weighted by Gasteiger charge is 2.14. The minimum Gasteiger partial charge on any atom is -0.502 e. The first-order valence-corrected chi connectivity index (χ1v) is 6.34. The van der Waals surface area contributed by atoms with Crippen LogP contribution in [0.15, 0.2) is 12.1 Å². The lowest BCUT2D eigenvalue weighted by molar-refractivity contribution is 0.338. The molecular weight excluding hydrogens is 266 g/mol. The number of methoxy groups -OCH3 is 2. The van der Waals surface area contributed by atoms with Crippen molar-refractivity contribution in [1.29, 1.82) is 0 Å². The van der Waals surface area contributed by atoms with E-state index in [0.717, 1.165) is 18.4 Å². The lowest BCUT2D eigenvalue weighted by Gasteiger charge is -2.16. The van der Waals surface area contributed by atoms with Crippen LogP contribution in [0.25, 0.3) is 0 Å². The number of phenolic OH excluding ortho intramolecular Hbond substituents is 1. The second-order valence-electron chi connectivity index (χ2n) is 4.38. The Morgan fingerprint density at radius 3 is 2.11 bits per heavy atom. The molecular formula is C14H24ClNO3. The fraction of sp³-hybridized carbons (Fsp3) is 0.571. The predicted molar refractivity (Wildman–Crippen MR) is 79.5 cm³/mol. The summed E-state index contributed by atoms with van der Waals surface area (Å²) in [4.78, 5) is 0. The van der Waals surface area contributed by atoms with Gasteiger partial charge in [0, 0.05) is 6.04 Å². The van der Waals surface area contributed by atoms with Gasteiger partial charge in [-0.2, -0.15) is 0 Å². The molecule has 0 aliphatic heterocycles. The Morgan fingerprint density at radius 2 is 1.68 bits per heavy atom. The molecule has 0 fully saturated rings. The Hall–Kier alpha value is -1.13. The molecule has 0 aromatic heterocycles. The smallest absolute Gasteiger partial charge is 0.200 e. The van der Waals surface area contributed by atoms with E-state index in [0.29, 0.717) is 11.5 Å². The van der Waals surface area contributed by atoms with Crippen LogP contribution >= 0.6 is 12.4 Å². The van der Waals surface area contributed by atoms with Crippen molar-refractivity contribution in [1.82, 2.24) is 0 Å². The Morgan fingerprint density at radius 1 is 1.16 bits per heavy atom. The zero-order valence-electron chi connectivity index (χ0n) is 11.8. The van der Waals surface area contributed by atoms with Crippen molar-refractivity contribution in [3.8, 4) is 17.2 Å². The lowest BCUT2D eigenvalue weighted by atomic mass is 10.0. The molecule has 0 bridgehead atoms. The number of hydrogen-bond acceptors (Lipinski definition) is 4. The van der Waals surface area contributed by atoms with Crippen molar-refractivity contribution in [2.45, 2.75) is 38.6 Å². The van der Waals surface area contributed by atoms with Crippen LogP contribution in [0.2, 0.25) is 0 Å². The SMILES string of the molecule is CCCCC[C@@H](N)c1cc(OC)c(O)c(OC)c1.Cl. The number of ether oxygens (including phenoxy) is 2. The highest BCUT2D eigenvalue weighted by molar-refractivity contribution is 5.85. The minimum absolute atomic E-state index is 0. The molecule has 1 aromatic rings. The average molecular weight is 290 g/mol. The monoisotopic (exact) mass is 289 g/mol. The molecule has 5 heteroatoms. The number of unbranched alkanes of at least 4 members (excludes halogenated alkanes) is 2. The summed E-state index contributed by atoms with van der Waals surface area (Å²) >= 11 is 0. The molecule has 3 N–H and O–H groups in total. The second kappa shape index (κ2) is 8.88. The van der Waals surface area contributed by atoms with Crippen LogP contribution in [0, 0.1) is 0 Å². The van der Waals surface area contributed by atoms with Gasteiger partial charge in [-0.1, -0.05) is 26.2 Å². The first kappa shape index (κ1) is 17.9. The maximum Gasteiger partial charge on any atom is 0.200 e. The fourth-order valence-corrected chi connectivity index (χ4v) is 1.91. The van der Waals surface area contributed by atoms with Crippen LogP contribution in [0.4, 0.5) is 0 Å². The van der Waals surface area contributed by atoms with Crippen molar-refractivity contribution >= 4 is 12.4 Å². The standard InChI is InChI=1S/C14H23NO3.ClH/c1-4-5-6-7-11(15)10-8-12(17-2)14(16)13(9-10)18-3;/h8-9,11,16H,4-7,15H2,1-3H3;1H/t11-;/m1./s1. The number of phenols is 1. The molecule has 0 unspecified atom stereocenters. The molecule has 0 aliphatic carbocycles. The Kier molecular flexibility index (Phi) is 8.35. The predicted octanol–water partition coefficient (Wildman–Crippen LogP) is 3.41. The molecule has 110 valence electrons. The molecule has 0 aliphatic rings. The van der Waals surface area contributed by atoms with Crippen molar-refractivity contribution in [2.24, 2.45) is 5.73 Å². The van der Waals surface area contributed by atoms with E-state index in [4.69, 9.17) is 15.2 Å². The van der Waals surface area contributed by atoms with Gasteiger partial charge in [0.1, 0.15) is 0 Å². The largest absolute Gasteiger partial charge is 0.502 e. The van der Waals surface area contributed by atoms with Gasteiger partial charge in [-0.05, 0) is 24.1 Å². The van der Waals surface area contributed by atoms with Gasteiger partial charge >= 0.3 is 0 Å². The molecule has 0 saturated carbocycles. The van der Waals surface area contributed by atoms with E-state index < -0.39 is 0 Å². The maximum absolute atomic E-state index is 9.82. The van der Waals surface area contributed by atoms with E-state index in [-0.39, 0.29) is 24.2 Å². The summed E-state index contributed by atoms with van der Waals surface area (Å²) in [5.74, 6) is 0.815. The van der Waals surface area contributed by atoms with Crippen LogP contribution in [-0.2, 0) is 0 Å². The Labute approximate surface area is 121 Å². The molecule has 0 spiro atoms. The van der Waals surface area contributed by atoms with E-state index >= 15 is 0 Å². The number of rotatable bonds is 7. The number of hydrogen-bond donors (Lipinski definition) is 2. The van der Waals surface area contributed by atoms with Crippen LogP contribution in [0.1, 0.15) is 44.2 Å². The third-order valence-corrected chi connectivity index (χ3v) is 3.05. The van der Waals surface area contributed by atoms with Crippen LogP contribution in [0.5, 0.6) is 17.2 Å². The third-order valence-electron chi connectivity index (χ3n) is 3.05. The maximum atomic E-state index is 9.82. The summed E-state index contributed by atoms with van der Waals surface area (Å²) in [6.07, 6.45) is 4.38. The highest BCUT2D eigenvalue weighted by Crippen LogP contribution is 2.38. The topological polar surface area (TPSA) is 64.7 Å². The van der Waals surface area contributed by atoms with Gasteiger partial charge in [0.15, 0.2) is 11.5 Å². The lowest BCUT2D eigenvalue weighted by Crippen LogP contribution is -2.10. The Balaban J connectivity index is 0.00000324. The molecule has 1 aromatic carbocycles. The molecule has 0 saturated heterocycles. The van der Waals surface area contributed by atoms with Gasteiger partial charge < -0.3 is 20.3 Å². The fourth-order valence-electron chi connectivity index (χ4n) is 1.91. The van der Waals surface area contributed by atoms with Gasteiger partial charge in [-0.15, -0.1) is 12.4 Å². The molecule has 0 radical (unpaired) electrons. The zero-order chi connectivity index (χ0) is 13.5. The highest BCUT2D eigenvalue weighted by atomic mass is 35.5. The Bertz CT molecular complexity index is 360. The molecule has 1 atom stereocenters. The molecule has 4 nitrogen and oxygen atoms in total. The first-order chi connectivity index (χ1) is 8.63. The van der Waals surface area contributed by atoms with Gasteiger partial charge in [-0.25, -0.2) is 0 Å². The van der Waals surface area contributed by atoms with Gasteiger partial charge in [0.2, 0.25) is 5.75 Å². The average Bonchev–Trinajstić information content (AvgIpc) is 2.39. The number of halogens is 1. The summed E-state index contributed by atoms with van der Waals surface area (Å²) in [6.45, 7) is 2.16. The summed E-state index contributed by atoms with van der Waals surface area (Å²) in [5, 5.41) is 9.82. The minimum atomic E-state index is -0.0556. The van der Waals surface area contributed by atoms with Crippen molar-refractivity contribution in [2.75, 3.05) is 14.2 Å². The number of nitrogens with two attached hydrogens (primary N) is 1. The number of aromatic hydroxyl groups is 1. The van der Waals surface area contributed by atoms with E-state index in [1.165, 1.54) is 27.1 Å². The summed E-state index contributed by atoms with van der Waals surface area (Å²) < 4.78 is 10.2. The quantitative estimate of drug-likeness (QED) is 0.755. The molecule has 0 heterocycles. The third kappa shape index (κ3) is 4.80. The summed E-state index contributed by atoms with van der Waals surface area (Å²) in [5.41, 5.74) is 7.07. The van der Waals surface area contributed by atoms with Crippen molar-refractivity contribution in [3.63, 3.8) is 0 Å². The first-order valence-electron chi connectivity index (χ1n) is 6.34. The molecule has 0 amide bonds. The molecule has 1 rings (SSSR count). The van der Waals surface area contributed by atoms with Crippen LogP contribution in [-0.4, -0.2) is 19.3 Å². The van der Waals surface area contributed by atoms with Gasteiger partial charge in [-0.3, -0.25) is 0 Å². The zero-order valence-corrected chi connectivity index (χ0v) is 12.6. The van der Waals surface area contributed by atoms with E-state index in [1.54, 1.807) is 12.1 Å². The van der Waals surface area contributed by atoms with Crippen LogP contribution in [0.3, 0.4) is 0 Å². The van der Waals surface area contributed by atoms with Gasteiger partial charge in [0.05, 0.1) is 14.2 Å².